The summed E-state index contributed by atoms with van der Waals surface area (Å²) in [7, 11) is 0. The molecular formula is C23H18ClN3O2S. The molecule has 0 saturated heterocycles. The summed E-state index contributed by atoms with van der Waals surface area (Å²) in [5, 5.41) is 3.60. The Labute approximate surface area is 183 Å². The average molecular weight is 436 g/mol. The zero-order valence-electron chi connectivity index (χ0n) is 15.8. The van der Waals surface area contributed by atoms with Crippen LogP contribution in [-0.4, -0.2) is 15.5 Å². The van der Waals surface area contributed by atoms with E-state index in [0.29, 0.717) is 33.4 Å². The van der Waals surface area contributed by atoms with E-state index in [1.807, 2.05) is 65.4 Å². The van der Waals surface area contributed by atoms with Crippen molar-refractivity contribution < 1.29 is 9.53 Å². The summed E-state index contributed by atoms with van der Waals surface area (Å²) in [6.07, 6.45) is 3.60. The third-order valence-corrected chi connectivity index (χ3v) is 5.04. The molecule has 0 spiro atoms. The van der Waals surface area contributed by atoms with Crippen molar-refractivity contribution in [2.45, 2.75) is 6.61 Å². The lowest BCUT2D eigenvalue weighted by molar-refractivity contribution is 0.102. The second kappa shape index (κ2) is 8.98. The van der Waals surface area contributed by atoms with Gasteiger partial charge in [0.2, 0.25) is 0 Å². The van der Waals surface area contributed by atoms with Gasteiger partial charge in [-0.2, -0.15) is 0 Å². The Hall–Kier alpha value is -3.35. The van der Waals surface area contributed by atoms with Crippen LogP contribution in [-0.2, 0) is 6.61 Å². The highest BCUT2D eigenvalue weighted by atomic mass is 35.5. The van der Waals surface area contributed by atoms with E-state index in [-0.39, 0.29) is 5.91 Å². The average Bonchev–Trinajstić information content (AvgIpc) is 3.19. The lowest BCUT2D eigenvalue weighted by Gasteiger charge is -2.12. The van der Waals surface area contributed by atoms with Crippen molar-refractivity contribution >= 4 is 35.4 Å². The minimum atomic E-state index is -0.253. The Kier molecular flexibility index (Phi) is 5.97. The third kappa shape index (κ3) is 4.62. The quantitative estimate of drug-likeness (QED) is 0.364. The molecule has 4 aromatic rings. The van der Waals surface area contributed by atoms with Gasteiger partial charge in [-0.05, 0) is 60.2 Å². The molecule has 1 heterocycles. The summed E-state index contributed by atoms with van der Waals surface area (Å²) in [5.41, 5.74) is 2.93. The number of halogens is 1. The summed E-state index contributed by atoms with van der Waals surface area (Å²) in [4.78, 5) is 15.9. The number of nitrogens with one attached hydrogen (secondary N) is 2. The van der Waals surface area contributed by atoms with Gasteiger partial charge < -0.3 is 15.0 Å². The Morgan fingerprint density at radius 3 is 2.63 bits per heavy atom. The van der Waals surface area contributed by atoms with E-state index in [4.69, 9.17) is 28.6 Å². The maximum absolute atomic E-state index is 12.9. The van der Waals surface area contributed by atoms with Crippen molar-refractivity contribution in [1.29, 1.82) is 0 Å². The van der Waals surface area contributed by atoms with Crippen LogP contribution in [0.3, 0.4) is 0 Å². The van der Waals surface area contributed by atoms with Crippen LogP contribution in [0.15, 0.2) is 85.2 Å². The third-order valence-electron chi connectivity index (χ3n) is 4.47. The Morgan fingerprint density at radius 2 is 1.87 bits per heavy atom. The van der Waals surface area contributed by atoms with Gasteiger partial charge in [0.05, 0.1) is 5.56 Å². The van der Waals surface area contributed by atoms with Gasteiger partial charge in [0.1, 0.15) is 12.4 Å². The summed E-state index contributed by atoms with van der Waals surface area (Å²) < 4.78 is 8.30. The first-order chi connectivity index (χ1) is 14.6. The number of ether oxygens (including phenoxy) is 1. The second-order valence-corrected chi connectivity index (χ2v) is 7.37. The molecule has 0 radical (unpaired) electrons. The Bertz CT molecular complexity index is 1230. The predicted octanol–water partition coefficient (Wildman–Crippen LogP) is 6.02. The minimum Gasteiger partial charge on any atom is -0.488 e. The summed E-state index contributed by atoms with van der Waals surface area (Å²) in [6.45, 7) is 0.336. The van der Waals surface area contributed by atoms with Gasteiger partial charge in [-0.1, -0.05) is 41.9 Å². The van der Waals surface area contributed by atoms with Crippen molar-refractivity contribution in [2.24, 2.45) is 0 Å². The second-order valence-electron chi connectivity index (χ2n) is 6.55. The normalized spacial score (nSPS) is 10.6. The molecule has 0 fully saturated rings. The highest BCUT2D eigenvalue weighted by molar-refractivity contribution is 7.71. The van der Waals surface area contributed by atoms with Crippen LogP contribution in [0.4, 0.5) is 5.69 Å². The lowest BCUT2D eigenvalue weighted by Crippen LogP contribution is -2.14. The van der Waals surface area contributed by atoms with E-state index in [1.54, 1.807) is 24.4 Å². The first-order valence-corrected chi connectivity index (χ1v) is 10.0. The molecule has 7 heteroatoms. The van der Waals surface area contributed by atoms with Crippen molar-refractivity contribution in [1.82, 2.24) is 9.55 Å². The number of H-pyrrole nitrogens is 1. The number of anilines is 1. The van der Waals surface area contributed by atoms with Crippen LogP contribution in [0.2, 0.25) is 5.02 Å². The molecule has 1 aromatic heterocycles. The van der Waals surface area contributed by atoms with Crippen LogP contribution < -0.4 is 10.1 Å². The van der Waals surface area contributed by atoms with E-state index in [1.165, 1.54) is 0 Å². The van der Waals surface area contributed by atoms with Crippen molar-refractivity contribution in [3.8, 4) is 11.4 Å². The molecule has 0 bridgehead atoms. The van der Waals surface area contributed by atoms with Crippen molar-refractivity contribution in [3.05, 3.63) is 106 Å². The molecule has 150 valence electrons. The summed E-state index contributed by atoms with van der Waals surface area (Å²) in [5.74, 6) is 0.255. The first kappa shape index (κ1) is 19.9. The van der Waals surface area contributed by atoms with Gasteiger partial charge in [0.25, 0.3) is 5.91 Å². The number of hydrogen-bond acceptors (Lipinski definition) is 3. The van der Waals surface area contributed by atoms with Gasteiger partial charge in [-0.25, -0.2) is 0 Å². The van der Waals surface area contributed by atoms with Crippen LogP contribution in [0.1, 0.15) is 15.9 Å². The van der Waals surface area contributed by atoms with Crippen molar-refractivity contribution in [2.75, 3.05) is 5.32 Å². The van der Waals surface area contributed by atoms with E-state index < -0.39 is 0 Å². The van der Waals surface area contributed by atoms with Gasteiger partial charge in [0, 0.05) is 28.8 Å². The lowest BCUT2D eigenvalue weighted by atomic mass is 10.1. The Morgan fingerprint density at radius 1 is 1.07 bits per heavy atom. The van der Waals surface area contributed by atoms with E-state index in [9.17, 15) is 4.79 Å². The molecule has 2 N–H and O–H groups in total. The molecule has 30 heavy (non-hydrogen) atoms. The van der Waals surface area contributed by atoms with E-state index >= 15 is 0 Å². The standard InChI is InChI=1S/C23H18ClN3O2S/c24-17-10-8-16(9-11-17)15-29-21-7-2-1-6-20(21)22(28)26-18-4-3-5-19(14-18)27-13-12-25-23(27)30/h1-14H,15H2,(H,25,30)(H,26,28). The largest absolute Gasteiger partial charge is 0.488 e. The Balaban J connectivity index is 1.51. The van der Waals surface area contributed by atoms with Gasteiger partial charge >= 0.3 is 0 Å². The molecule has 0 unspecified atom stereocenters. The predicted molar refractivity (Wildman–Crippen MR) is 121 cm³/mol. The van der Waals surface area contributed by atoms with Crippen molar-refractivity contribution in [3.63, 3.8) is 0 Å². The summed E-state index contributed by atoms with van der Waals surface area (Å²) >= 11 is 11.2. The number of aromatic nitrogens is 2. The number of carbonyl (C=O) groups is 1. The first-order valence-electron chi connectivity index (χ1n) is 9.24. The van der Waals surface area contributed by atoms with Gasteiger partial charge in [0.15, 0.2) is 4.77 Å². The molecule has 0 saturated carbocycles. The van der Waals surface area contributed by atoms with E-state index in [0.717, 1.165) is 11.3 Å². The van der Waals surface area contributed by atoms with Gasteiger partial charge in [-0.15, -0.1) is 0 Å². The van der Waals surface area contributed by atoms with E-state index in [2.05, 4.69) is 10.3 Å². The van der Waals surface area contributed by atoms with Crippen LogP contribution in [0.25, 0.3) is 5.69 Å². The van der Waals surface area contributed by atoms with Crippen LogP contribution in [0.5, 0.6) is 5.75 Å². The molecule has 3 aromatic carbocycles. The maximum atomic E-state index is 12.9. The fourth-order valence-electron chi connectivity index (χ4n) is 2.98. The smallest absolute Gasteiger partial charge is 0.259 e. The summed E-state index contributed by atoms with van der Waals surface area (Å²) in [6, 6.07) is 22.0. The molecule has 0 atom stereocenters. The number of nitrogens with zero attached hydrogens (tertiary/aromatic N) is 1. The SMILES string of the molecule is O=C(Nc1cccc(-n2cc[nH]c2=S)c1)c1ccccc1OCc1ccc(Cl)cc1. The molecule has 0 aliphatic heterocycles. The molecule has 0 aliphatic carbocycles. The highest BCUT2D eigenvalue weighted by Gasteiger charge is 2.13. The fraction of sp³-hybridized carbons (Fsp3) is 0.0435. The molecule has 5 nitrogen and oxygen atoms in total. The minimum absolute atomic E-state index is 0.253. The number of carbonyl (C=O) groups excluding carboxylic acids is 1. The number of amides is 1. The zero-order chi connectivity index (χ0) is 20.9. The number of imidazole rings is 1. The number of para-hydroxylation sites is 1. The number of rotatable bonds is 6. The maximum Gasteiger partial charge on any atom is 0.259 e. The molecule has 0 aliphatic rings. The molecular weight excluding hydrogens is 418 g/mol. The topological polar surface area (TPSA) is 59.0 Å². The zero-order valence-corrected chi connectivity index (χ0v) is 17.4. The van der Waals surface area contributed by atoms with Gasteiger partial charge in [-0.3, -0.25) is 9.36 Å². The van der Waals surface area contributed by atoms with Crippen LogP contribution >= 0.6 is 23.8 Å². The number of hydrogen-bond donors (Lipinski definition) is 2. The fourth-order valence-corrected chi connectivity index (χ4v) is 3.34. The molecule has 4 rings (SSSR count). The number of aromatic amines is 1. The monoisotopic (exact) mass is 435 g/mol. The molecule has 1 amide bonds. The van der Waals surface area contributed by atoms with Crippen LogP contribution in [0, 0.1) is 4.77 Å². The number of benzene rings is 3. The highest BCUT2D eigenvalue weighted by Crippen LogP contribution is 2.22.